The standard InChI is InChI=1S/C25H14ClF6NO3S/c26-20-11-15(37(36)25(30,31)32)9-10-21(20)33-23(35)19-12-18(16-3-1-2-4-17(16)22(19)34)13-5-7-14(8-6-13)24(27,28)29/h1-12,34H,(H,33,35). The Balaban J connectivity index is 1.74. The molecule has 4 nitrogen and oxygen atoms in total. The summed E-state index contributed by atoms with van der Waals surface area (Å²) in [6.45, 7) is 0. The molecule has 0 aliphatic rings. The minimum absolute atomic E-state index is 0.113. The van der Waals surface area contributed by atoms with Crippen LogP contribution in [0.15, 0.2) is 77.7 Å². The first kappa shape index (κ1) is 26.5. The van der Waals surface area contributed by atoms with Gasteiger partial charge in [0.05, 0.1) is 21.8 Å². The van der Waals surface area contributed by atoms with Crippen molar-refractivity contribution < 1.29 is 40.5 Å². The maximum atomic E-state index is 13.1. The van der Waals surface area contributed by atoms with Crippen molar-refractivity contribution in [1.29, 1.82) is 0 Å². The number of benzene rings is 4. The highest BCUT2D eigenvalue weighted by Crippen LogP contribution is 2.39. The Labute approximate surface area is 212 Å². The van der Waals surface area contributed by atoms with Gasteiger partial charge in [-0.25, -0.2) is 4.21 Å². The number of phenols is 1. The summed E-state index contributed by atoms with van der Waals surface area (Å²) in [6, 6.07) is 14.7. The fourth-order valence-corrected chi connectivity index (χ4v) is 4.62. The molecule has 0 aliphatic carbocycles. The van der Waals surface area contributed by atoms with Crippen molar-refractivity contribution in [3.05, 3.63) is 88.9 Å². The number of carbonyl (C=O) groups is 1. The van der Waals surface area contributed by atoms with Crippen molar-refractivity contribution in [2.45, 2.75) is 16.6 Å². The number of rotatable bonds is 4. The largest absolute Gasteiger partial charge is 0.506 e. The van der Waals surface area contributed by atoms with Crippen molar-refractivity contribution in [3.8, 4) is 16.9 Å². The lowest BCUT2D eigenvalue weighted by Crippen LogP contribution is -2.17. The number of anilines is 1. The van der Waals surface area contributed by atoms with Crippen LogP contribution in [0.3, 0.4) is 0 Å². The van der Waals surface area contributed by atoms with Crippen LogP contribution in [0.1, 0.15) is 15.9 Å². The number of carbonyl (C=O) groups excluding carboxylic acids is 1. The second-order valence-corrected chi connectivity index (χ2v) is 9.63. The van der Waals surface area contributed by atoms with Gasteiger partial charge in [0.1, 0.15) is 5.75 Å². The minimum atomic E-state index is -5.00. The molecule has 1 unspecified atom stereocenters. The van der Waals surface area contributed by atoms with E-state index in [0.29, 0.717) is 16.5 Å². The van der Waals surface area contributed by atoms with Crippen LogP contribution in [0, 0.1) is 0 Å². The van der Waals surface area contributed by atoms with Crippen molar-refractivity contribution in [3.63, 3.8) is 0 Å². The Bertz CT molecular complexity index is 1530. The van der Waals surface area contributed by atoms with Crippen LogP contribution in [-0.2, 0) is 17.0 Å². The van der Waals surface area contributed by atoms with E-state index in [1.807, 2.05) is 0 Å². The molecule has 1 amide bonds. The van der Waals surface area contributed by atoms with E-state index >= 15 is 0 Å². The molecule has 4 aromatic carbocycles. The molecule has 192 valence electrons. The van der Waals surface area contributed by atoms with E-state index in [2.05, 4.69) is 5.32 Å². The number of nitrogens with one attached hydrogen (secondary N) is 1. The van der Waals surface area contributed by atoms with Gasteiger partial charge in [0.15, 0.2) is 10.8 Å². The lowest BCUT2D eigenvalue weighted by Gasteiger charge is -2.15. The first-order valence-corrected chi connectivity index (χ1v) is 11.8. The molecule has 12 heteroatoms. The summed E-state index contributed by atoms with van der Waals surface area (Å²) < 4.78 is 88.7. The molecular weight excluding hydrogens is 544 g/mol. The Hall–Kier alpha value is -3.57. The van der Waals surface area contributed by atoms with Crippen LogP contribution >= 0.6 is 11.6 Å². The molecule has 0 saturated heterocycles. The Morgan fingerprint density at radius 2 is 1.49 bits per heavy atom. The maximum absolute atomic E-state index is 13.1. The van der Waals surface area contributed by atoms with Crippen LogP contribution in [-0.4, -0.2) is 20.7 Å². The van der Waals surface area contributed by atoms with E-state index in [0.717, 1.165) is 30.3 Å². The van der Waals surface area contributed by atoms with Crippen LogP contribution in [0.25, 0.3) is 21.9 Å². The second-order valence-electron chi connectivity index (χ2n) is 7.75. The summed E-state index contributed by atoms with van der Waals surface area (Å²) in [6.07, 6.45) is -4.54. The molecule has 37 heavy (non-hydrogen) atoms. The lowest BCUT2D eigenvalue weighted by molar-refractivity contribution is -0.137. The minimum Gasteiger partial charge on any atom is -0.506 e. The van der Waals surface area contributed by atoms with E-state index in [9.17, 15) is 40.5 Å². The number of aromatic hydroxyl groups is 1. The molecule has 0 heterocycles. The first-order valence-electron chi connectivity index (χ1n) is 10.3. The smallest absolute Gasteiger partial charge is 0.475 e. The van der Waals surface area contributed by atoms with Crippen LogP contribution < -0.4 is 5.32 Å². The van der Waals surface area contributed by atoms with Gasteiger partial charge in [-0.1, -0.05) is 48.0 Å². The molecule has 0 aromatic heterocycles. The van der Waals surface area contributed by atoms with E-state index < -0.39 is 44.6 Å². The third-order valence-electron chi connectivity index (χ3n) is 5.40. The van der Waals surface area contributed by atoms with E-state index in [-0.39, 0.29) is 21.7 Å². The predicted octanol–water partition coefficient (Wildman–Crippen LogP) is 7.76. The Kier molecular flexibility index (Phi) is 6.95. The monoisotopic (exact) mass is 557 g/mol. The van der Waals surface area contributed by atoms with Gasteiger partial charge in [-0.05, 0) is 52.9 Å². The summed E-state index contributed by atoms with van der Waals surface area (Å²) in [5.41, 5.74) is -5.53. The molecule has 4 aromatic rings. The summed E-state index contributed by atoms with van der Waals surface area (Å²) >= 11 is 6.00. The van der Waals surface area contributed by atoms with Crippen LogP contribution in [0.4, 0.5) is 32.0 Å². The highest BCUT2D eigenvalue weighted by Gasteiger charge is 2.38. The topological polar surface area (TPSA) is 66.4 Å². The zero-order valence-corrected chi connectivity index (χ0v) is 19.8. The van der Waals surface area contributed by atoms with Gasteiger partial charge >= 0.3 is 11.7 Å². The van der Waals surface area contributed by atoms with Crippen molar-refractivity contribution >= 4 is 44.8 Å². The third kappa shape index (κ3) is 5.42. The second kappa shape index (κ2) is 9.71. The number of halogens is 7. The van der Waals surface area contributed by atoms with Gasteiger partial charge in [-0.2, -0.15) is 26.3 Å². The van der Waals surface area contributed by atoms with E-state index in [4.69, 9.17) is 11.6 Å². The number of fused-ring (bicyclic) bond motifs is 1. The molecule has 0 saturated carbocycles. The van der Waals surface area contributed by atoms with E-state index in [1.165, 1.54) is 24.3 Å². The van der Waals surface area contributed by atoms with Crippen LogP contribution in [0.5, 0.6) is 5.75 Å². The Morgan fingerprint density at radius 3 is 2.05 bits per heavy atom. The molecule has 0 spiro atoms. The van der Waals surface area contributed by atoms with E-state index in [1.54, 1.807) is 18.2 Å². The molecule has 0 aliphatic heterocycles. The fraction of sp³-hybridized carbons (Fsp3) is 0.0800. The third-order valence-corrected chi connectivity index (χ3v) is 6.81. The highest BCUT2D eigenvalue weighted by molar-refractivity contribution is 7.86. The van der Waals surface area contributed by atoms with Gasteiger partial charge in [0.2, 0.25) is 0 Å². The lowest BCUT2D eigenvalue weighted by atomic mass is 9.93. The van der Waals surface area contributed by atoms with Crippen molar-refractivity contribution in [2.24, 2.45) is 0 Å². The number of hydrogen-bond acceptors (Lipinski definition) is 3. The van der Waals surface area contributed by atoms with Crippen molar-refractivity contribution in [2.75, 3.05) is 5.32 Å². The summed E-state index contributed by atoms with van der Waals surface area (Å²) in [4.78, 5) is 12.4. The number of alkyl halides is 6. The van der Waals surface area contributed by atoms with Gasteiger partial charge in [0, 0.05) is 10.3 Å². The normalized spacial score (nSPS) is 12.9. The number of amides is 1. The van der Waals surface area contributed by atoms with Gasteiger partial charge in [0.25, 0.3) is 5.91 Å². The average molecular weight is 558 g/mol. The average Bonchev–Trinajstić information content (AvgIpc) is 2.84. The number of phenolic OH excluding ortho intramolecular Hbond substituents is 1. The summed E-state index contributed by atoms with van der Waals surface area (Å²) in [7, 11) is -3.33. The quantitative estimate of drug-likeness (QED) is 0.252. The first-order chi connectivity index (χ1) is 17.3. The summed E-state index contributed by atoms with van der Waals surface area (Å²) in [5, 5.41) is 13.6. The summed E-state index contributed by atoms with van der Waals surface area (Å²) in [5.74, 6) is -1.31. The zero-order chi connectivity index (χ0) is 27.1. The fourth-order valence-electron chi connectivity index (χ4n) is 3.65. The molecule has 2 N–H and O–H groups in total. The molecule has 1 atom stereocenters. The number of hydrogen-bond donors (Lipinski definition) is 2. The van der Waals surface area contributed by atoms with Gasteiger partial charge in [-0.3, -0.25) is 4.79 Å². The highest BCUT2D eigenvalue weighted by atomic mass is 35.5. The SMILES string of the molecule is O=C(Nc1ccc(S(=O)C(F)(F)F)cc1Cl)c1cc(-c2ccc(C(F)(F)F)cc2)c2ccccc2c1O. The zero-order valence-electron chi connectivity index (χ0n) is 18.2. The molecule has 0 bridgehead atoms. The Morgan fingerprint density at radius 1 is 0.865 bits per heavy atom. The van der Waals surface area contributed by atoms with Crippen molar-refractivity contribution in [1.82, 2.24) is 0 Å². The molecule has 0 fully saturated rings. The molecule has 0 radical (unpaired) electrons. The predicted molar refractivity (Wildman–Crippen MR) is 128 cm³/mol. The van der Waals surface area contributed by atoms with Gasteiger partial charge < -0.3 is 10.4 Å². The van der Waals surface area contributed by atoms with Gasteiger partial charge in [-0.15, -0.1) is 0 Å². The maximum Gasteiger partial charge on any atom is 0.475 e. The van der Waals surface area contributed by atoms with Crippen LogP contribution in [0.2, 0.25) is 5.02 Å². The molecule has 4 rings (SSSR count). The molecular formula is C25H14ClF6NO3S.